The molecule has 2 N–H and O–H groups in total. The van der Waals surface area contributed by atoms with Crippen LogP contribution in [-0.2, 0) is 6.42 Å². The highest BCUT2D eigenvalue weighted by Gasteiger charge is 2.18. The first-order valence-corrected chi connectivity index (χ1v) is 6.32. The van der Waals surface area contributed by atoms with Crippen LogP contribution in [0.1, 0.15) is 24.1 Å². The van der Waals surface area contributed by atoms with Crippen molar-refractivity contribution in [1.82, 2.24) is 10.2 Å². The third kappa shape index (κ3) is 3.28. The van der Waals surface area contributed by atoms with Crippen LogP contribution in [0.25, 0.3) is 0 Å². The monoisotopic (exact) mass is 261 g/mol. The van der Waals surface area contributed by atoms with Crippen molar-refractivity contribution < 1.29 is 0 Å². The molecule has 0 amide bonds. The summed E-state index contributed by atoms with van der Waals surface area (Å²) in [6.45, 7) is 2.00. The number of nitrogens with two attached hydrogens (primary N) is 1. The van der Waals surface area contributed by atoms with Crippen molar-refractivity contribution in [2.45, 2.75) is 25.3 Å². The molecular formula is C14H16ClN3. The third-order valence-corrected chi connectivity index (χ3v) is 3.23. The quantitative estimate of drug-likeness (QED) is 0.921. The number of aromatic nitrogens is 2. The topological polar surface area (TPSA) is 51.8 Å². The highest BCUT2D eigenvalue weighted by Crippen LogP contribution is 2.22. The summed E-state index contributed by atoms with van der Waals surface area (Å²) in [5, 5.41) is 8.82. The number of nitrogens with zero attached hydrogens (tertiary/aromatic N) is 2. The maximum atomic E-state index is 6.05. The minimum Gasteiger partial charge on any atom is -0.327 e. The summed E-state index contributed by atoms with van der Waals surface area (Å²) in [6, 6.07) is 11.7. The third-order valence-electron chi connectivity index (χ3n) is 2.98. The largest absolute Gasteiger partial charge is 0.327 e. The molecule has 0 aliphatic heterocycles. The van der Waals surface area contributed by atoms with E-state index in [0.29, 0.717) is 0 Å². The van der Waals surface area contributed by atoms with E-state index in [9.17, 15) is 0 Å². The summed E-state index contributed by atoms with van der Waals surface area (Å²) in [5.41, 5.74) is 8.19. The minimum atomic E-state index is 0.0254. The Kier molecular flexibility index (Phi) is 4.28. The Hall–Kier alpha value is -1.45. The lowest BCUT2D eigenvalue weighted by molar-refractivity contribution is 0.545. The van der Waals surface area contributed by atoms with E-state index in [1.165, 1.54) is 5.56 Å². The maximum Gasteiger partial charge on any atom is 0.0680 e. The Morgan fingerprint density at radius 3 is 2.50 bits per heavy atom. The first-order chi connectivity index (χ1) is 8.66. The Bertz CT molecular complexity index is 482. The number of benzene rings is 1. The molecule has 2 rings (SSSR count). The van der Waals surface area contributed by atoms with Gasteiger partial charge in [-0.1, -0.05) is 23.7 Å². The molecule has 0 unspecified atom stereocenters. The maximum absolute atomic E-state index is 6.05. The van der Waals surface area contributed by atoms with Crippen molar-refractivity contribution in [2.75, 3.05) is 0 Å². The Labute approximate surface area is 112 Å². The fraction of sp³-hybridized carbons (Fsp3) is 0.286. The van der Waals surface area contributed by atoms with E-state index in [1.54, 1.807) is 6.20 Å². The predicted octanol–water partition coefficient (Wildman–Crippen LogP) is 2.80. The Morgan fingerprint density at radius 1 is 1.22 bits per heavy atom. The summed E-state index contributed by atoms with van der Waals surface area (Å²) in [4.78, 5) is 0. The minimum absolute atomic E-state index is 0.0254. The number of hydrogen-bond acceptors (Lipinski definition) is 3. The summed E-state index contributed by atoms with van der Waals surface area (Å²) >= 11 is 5.88. The van der Waals surface area contributed by atoms with Gasteiger partial charge in [-0.25, -0.2) is 0 Å². The zero-order valence-corrected chi connectivity index (χ0v) is 11.0. The van der Waals surface area contributed by atoms with Gasteiger partial charge in [-0.15, -0.1) is 0 Å². The van der Waals surface area contributed by atoms with Gasteiger partial charge >= 0.3 is 0 Å². The molecule has 94 valence electrons. The number of hydrogen-bond donors (Lipinski definition) is 1. The molecule has 2 aromatic rings. The van der Waals surface area contributed by atoms with Crippen LogP contribution in [0, 0.1) is 0 Å². The molecule has 1 aromatic heterocycles. The number of halogens is 1. The lowest BCUT2D eigenvalue weighted by Gasteiger charge is -2.19. The van der Waals surface area contributed by atoms with Crippen LogP contribution in [0.5, 0.6) is 0 Å². The van der Waals surface area contributed by atoms with Crippen LogP contribution < -0.4 is 5.73 Å². The van der Waals surface area contributed by atoms with Gasteiger partial charge in [0.25, 0.3) is 0 Å². The van der Waals surface area contributed by atoms with Gasteiger partial charge in [-0.3, -0.25) is 0 Å². The van der Waals surface area contributed by atoms with Crippen molar-refractivity contribution >= 4 is 11.6 Å². The smallest absolute Gasteiger partial charge is 0.0680 e. The standard InChI is InChI=1S/C14H16ClN3/c1-10(16)13(14-3-2-8-17-18-14)9-11-4-6-12(15)7-5-11/h2-8,10,13H,9,16H2,1H3/t10-,13-/m1/s1. The van der Waals surface area contributed by atoms with E-state index in [4.69, 9.17) is 17.3 Å². The van der Waals surface area contributed by atoms with Gasteiger partial charge in [-0.2, -0.15) is 10.2 Å². The molecule has 1 heterocycles. The van der Waals surface area contributed by atoms with Gasteiger partial charge in [0.1, 0.15) is 0 Å². The average Bonchev–Trinajstić information content (AvgIpc) is 2.38. The van der Waals surface area contributed by atoms with E-state index in [0.717, 1.165) is 17.1 Å². The van der Waals surface area contributed by atoms with Gasteiger partial charge in [0.05, 0.1) is 5.69 Å². The van der Waals surface area contributed by atoms with Gasteiger partial charge in [0.2, 0.25) is 0 Å². The highest BCUT2D eigenvalue weighted by molar-refractivity contribution is 6.30. The molecule has 0 saturated carbocycles. The average molecular weight is 262 g/mol. The molecule has 3 nitrogen and oxygen atoms in total. The molecule has 0 fully saturated rings. The Morgan fingerprint density at radius 2 is 1.94 bits per heavy atom. The van der Waals surface area contributed by atoms with Crippen LogP contribution in [0.2, 0.25) is 5.02 Å². The molecule has 0 spiro atoms. The molecule has 0 bridgehead atoms. The second-order valence-corrected chi connectivity index (χ2v) is 4.88. The van der Waals surface area contributed by atoms with E-state index in [2.05, 4.69) is 10.2 Å². The first-order valence-electron chi connectivity index (χ1n) is 5.94. The van der Waals surface area contributed by atoms with E-state index >= 15 is 0 Å². The predicted molar refractivity (Wildman–Crippen MR) is 73.6 cm³/mol. The lowest BCUT2D eigenvalue weighted by atomic mass is 9.90. The molecule has 2 atom stereocenters. The van der Waals surface area contributed by atoms with Gasteiger partial charge in [-0.05, 0) is 43.2 Å². The SMILES string of the molecule is C[C@@H](N)[C@@H](Cc1ccc(Cl)cc1)c1cccnn1. The van der Waals surface area contributed by atoms with Crippen molar-refractivity contribution in [3.63, 3.8) is 0 Å². The lowest BCUT2D eigenvalue weighted by Crippen LogP contribution is -2.27. The normalized spacial score (nSPS) is 14.2. The molecular weight excluding hydrogens is 246 g/mol. The zero-order chi connectivity index (χ0) is 13.0. The van der Waals surface area contributed by atoms with Gasteiger partial charge < -0.3 is 5.73 Å². The Balaban J connectivity index is 2.19. The molecule has 18 heavy (non-hydrogen) atoms. The van der Waals surface area contributed by atoms with Crippen LogP contribution in [0.4, 0.5) is 0 Å². The van der Waals surface area contributed by atoms with E-state index in [1.807, 2.05) is 43.3 Å². The van der Waals surface area contributed by atoms with E-state index in [-0.39, 0.29) is 12.0 Å². The number of rotatable bonds is 4. The van der Waals surface area contributed by atoms with Crippen LogP contribution in [-0.4, -0.2) is 16.2 Å². The van der Waals surface area contributed by atoms with Crippen molar-refractivity contribution in [3.8, 4) is 0 Å². The van der Waals surface area contributed by atoms with E-state index < -0.39 is 0 Å². The fourth-order valence-corrected chi connectivity index (χ4v) is 2.07. The fourth-order valence-electron chi connectivity index (χ4n) is 1.95. The van der Waals surface area contributed by atoms with Gasteiger partial charge in [0.15, 0.2) is 0 Å². The van der Waals surface area contributed by atoms with Crippen molar-refractivity contribution in [3.05, 3.63) is 58.9 Å². The molecule has 0 saturated heterocycles. The molecule has 0 aliphatic rings. The summed E-state index contributed by atoms with van der Waals surface area (Å²) < 4.78 is 0. The molecule has 0 aliphatic carbocycles. The summed E-state index contributed by atoms with van der Waals surface area (Å²) in [7, 11) is 0. The van der Waals surface area contributed by atoms with Crippen molar-refractivity contribution in [1.29, 1.82) is 0 Å². The molecule has 0 radical (unpaired) electrons. The summed E-state index contributed by atoms with van der Waals surface area (Å²) in [6.07, 6.45) is 2.51. The summed E-state index contributed by atoms with van der Waals surface area (Å²) in [5.74, 6) is 0.167. The second-order valence-electron chi connectivity index (χ2n) is 4.44. The van der Waals surface area contributed by atoms with Crippen LogP contribution >= 0.6 is 11.6 Å². The van der Waals surface area contributed by atoms with Crippen molar-refractivity contribution in [2.24, 2.45) is 5.73 Å². The highest BCUT2D eigenvalue weighted by atomic mass is 35.5. The molecule has 4 heteroatoms. The first kappa shape index (κ1) is 13.0. The second kappa shape index (κ2) is 5.94. The van der Waals surface area contributed by atoms with Crippen LogP contribution in [0.3, 0.4) is 0 Å². The van der Waals surface area contributed by atoms with Crippen LogP contribution in [0.15, 0.2) is 42.6 Å². The zero-order valence-electron chi connectivity index (χ0n) is 10.3. The van der Waals surface area contributed by atoms with Gasteiger partial charge in [0, 0.05) is 23.2 Å². The molecule has 1 aromatic carbocycles.